The summed E-state index contributed by atoms with van der Waals surface area (Å²) in [5, 5.41) is 2.44. The van der Waals surface area contributed by atoms with Gasteiger partial charge in [0.05, 0.1) is 13.2 Å². The molecule has 2 aromatic carbocycles. The van der Waals surface area contributed by atoms with Crippen molar-refractivity contribution in [3.8, 4) is 11.5 Å². The van der Waals surface area contributed by atoms with Crippen LogP contribution in [0.5, 0.6) is 11.5 Å². The van der Waals surface area contributed by atoms with Gasteiger partial charge in [-0.25, -0.2) is 0 Å². The lowest BCUT2D eigenvalue weighted by molar-refractivity contribution is 0.303. The summed E-state index contributed by atoms with van der Waals surface area (Å²) in [6, 6.07) is 10.7. The Bertz CT molecular complexity index is 633. The number of rotatable bonds is 12. The molecule has 2 aromatic rings. The van der Waals surface area contributed by atoms with E-state index in [4.69, 9.17) is 9.47 Å². The molecule has 0 bridgehead atoms. The molecule has 0 unspecified atom stereocenters. The van der Waals surface area contributed by atoms with Gasteiger partial charge in [0.2, 0.25) is 0 Å². The van der Waals surface area contributed by atoms with E-state index in [0.29, 0.717) is 0 Å². The van der Waals surface area contributed by atoms with Crippen LogP contribution in [0.2, 0.25) is 0 Å². The zero-order valence-electron chi connectivity index (χ0n) is 16.3. The molecule has 0 spiro atoms. The lowest BCUT2D eigenvalue weighted by Gasteiger charge is -2.12. The molecule has 0 heterocycles. The molecule has 0 N–H and O–H groups in total. The van der Waals surface area contributed by atoms with Crippen molar-refractivity contribution in [2.24, 2.45) is 0 Å². The maximum absolute atomic E-state index is 6.02. The number of hydrogen-bond donors (Lipinski definition) is 0. The average Bonchev–Trinajstić information content (AvgIpc) is 2.62. The number of ether oxygens (including phenoxy) is 2. The van der Waals surface area contributed by atoms with E-state index in [1.807, 2.05) is 0 Å². The van der Waals surface area contributed by atoms with Crippen LogP contribution >= 0.6 is 0 Å². The summed E-state index contributed by atoms with van der Waals surface area (Å²) in [6.07, 6.45) is 9.86. The molecule has 0 radical (unpaired) electrons. The van der Waals surface area contributed by atoms with Crippen molar-refractivity contribution in [2.75, 3.05) is 13.2 Å². The molecule has 0 amide bonds. The van der Waals surface area contributed by atoms with Crippen LogP contribution in [-0.2, 0) is 0 Å². The van der Waals surface area contributed by atoms with Crippen molar-refractivity contribution in [1.29, 1.82) is 0 Å². The lowest BCUT2D eigenvalue weighted by atomic mass is 10.1. The Balaban J connectivity index is 1.95. The third-order valence-corrected chi connectivity index (χ3v) is 4.63. The van der Waals surface area contributed by atoms with Gasteiger partial charge in [-0.1, -0.05) is 58.4 Å². The summed E-state index contributed by atoms with van der Waals surface area (Å²) >= 11 is 0. The summed E-state index contributed by atoms with van der Waals surface area (Å²) in [5.74, 6) is 1.96. The molecule has 0 atom stereocenters. The van der Waals surface area contributed by atoms with Crippen molar-refractivity contribution in [3.63, 3.8) is 0 Å². The molecule has 0 aromatic heterocycles. The Labute approximate surface area is 153 Å². The second-order valence-electron chi connectivity index (χ2n) is 6.94. The minimum Gasteiger partial charge on any atom is -0.494 e. The molecular formula is C23H34O2. The van der Waals surface area contributed by atoms with E-state index in [1.54, 1.807) is 0 Å². The molecule has 25 heavy (non-hydrogen) atoms. The molecule has 0 saturated heterocycles. The Hall–Kier alpha value is -1.70. The van der Waals surface area contributed by atoms with Crippen molar-refractivity contribution >= 4 is 10.8 Å². The Morgan fingerprint density at radius 3 is 2.04 bits per heavy atom. The van der Waals surface area contributed by atoms with Crippen LogP contribution in [0.15, 0.2) is 30.3 Å². The number of aryl methyl sites for hydroxylation is 1. The third-order valence-electron chi connectivity index (χ3n) is 4.63. The van der Waals surface area contributed by atoms with Crippen molar-refractivity contribution < 1.29 is 9.47 Å². The SMILES string of the molecule is CCCCCCOc1ccc2cc(C)c(OCCCCCC)cc2c1. The maximum Gasteiger partial charge on any atom is 0.122 e. The average molecular weight is 343 g/mol. The standard InChI is InChI=1S/C23H34O2/c1-4-6-8-10-14-24-22-13-12-20-16-19(3)23(18-21(20)17-22)25-15-11-9-7-5-2/h12-13,16-18H,4-11,14-15H2,1-3H3. The minimum atomic E-state index is 0.804. The van der Waals surface area contributed by atoms with Gasteiger partial charge in [-0.2, -0.15) is 0 Å². The highest BCUT2D eigenvalue weighted by molar-refractivity contribution is 5.86. The number of benzene rings is 2. The molecular weight excluding hydrogens is 308 g/mol. The second kappa shape index (κ2) is 11.0. The molecule has 2 heteroatoms. The molecule has 0 aliphatic heterocycles. The van der Waals surface area contributed by atoms with Gasteiger partial charge in [0.15, 0.2) is 0 Å². The first-order chi connectivity index (χ1) is 12.2. The van der Waals surface area contributed by atoms with E-state index in [-0.39, 0.29) is 0 Å². The van der Waals surface area contributed by atoms with Crippen molar-refractivity contribution in [3.05, 3.63) is 35.9 Å². The molecule has 138 valence electrons. The van der Waals surface area contributed by atoms with Gasteiger partial charge in [0, 0.05) is 0 Å². The number of fused-ring (bicyclic) bond motifs is 1. The van der Waals surface area contributed by atoms with E-state index in [9.17, 15) is 0 Å². The van der Waals surface area contributed by atoms with Gasteiger partial charge in [-0.3, -0.25) is 0 Å². The van der Waals surface area contributed by atoms with Crippen LogP contribution in [0, 0.1) is 6.92 Å². The molecule has 0 saturated carbocycles. The van der Waals surface area contributed by atoms with Crippen molar-refractivity contribution in [2.45, 2.75) is 72.1 Å². The monoisotopic (exact) mass is 342 g/mol. The zero-order chi connectivity index (χ0) is 17.9. The van der Waals surface area contributed by atoms with Gasteiger partial charge in [-0.05, 0) is 60.4 Å². The smallest absolute Gasteiger partial charge is 0.122 e. The van der Waals surface area contributed by atoms with Crippen LogP contribution in [0.25, 0.3) is 10.8 Å². The molecule has 0 aliphatic carbocycles. The Morgan fingerprint density at radius 2 is 1.36 bits per heavy atom. The predicted octanol–water partition coefficient (Wildman–Crippen LogP) is 7.07. The first kappa shape index (κ1) is 19.6. The maximum atomic E-state index is 6.02. The quantitative estimate of drug-likeness (QED) is 0.384. The fraction of sp³-hybridized carbons (Fsp3) is 0.565. The summed E-state index contributed by atoms with van der Waals surface area (Å²) in [6.45, 7) is 8.20. The zero-order valence-corrected chi connectivity index (χ0v) is 16.3. The summed E-state index contributed by atoms with van der Waals surface area (Å²) in [5.41, 5.74) is 1.20. The van der Waals surface area contributed by atoms with E-state index in [0.717, 1.165) is 37.6 Å². The van der Waals surface area contributed by atoms with Crippen LogP contribution in [0.4, 0.5) is 0 Å². The summed E-state index contributed by atoms with van der Waals surface area (Å²) in [7, 11) is 0. The van der Waals surface area contributed by atoms with E-state index >= 15 is 0 Å². The predicted molar refractivity (Wildman–Crippen MR) is 108 cm³/mol. The van der Waals surface area contributed by atoms with Crippen LogP contribution in [-0.4, -0.2) is 13.2 Å². The normalized spacial score (nSPS) is 11.0. The highest BCUT2D eigenvalue weighted by Crippen LogP contribution is 2.28. The van der Waals surface area contributed by atoms with Crippen molar-refractivity contribution in [1.82, 2.24) is 0 Å². The highest BCUT2D eigenvalue weighted by atomic mass is 16.5. The van der Waals surface area contributed by atoms with Gasteiger partial charge in [0.1, 0.15) is 11.5 Å². The molecule has 0 fully saturated rings. The summed E-state index contributed by atoms with van der Waals surface area (Å²) < 4.78 is 11.9. The van der Waals surface area contributed by atoms with Gasteiger partial charge >= 0.3 is 0 Å². The number of unbranched alkanes of at least 4 members (excludes halogenated alkanes) is 6. The van der Waals surface area contributed by atoms with E-state index in [2.05, 4.69) is 51.1 Å². The Morgan fingerprint density at radius 1 is 0.680 bits per heavy atom. The molecule has 2 nitrogen and oxygen atoms in total. The first-order valence-corrected chi connectivity index (χ1v) is 10.0. The lowest BCUT2D eigenvalue weighted by Crippen LogP contribution is -1.99. The third kappa shape index (κ3) is 6.61. The van der Waals surface area contributed by atoms with Crippen LogP contribution in [0.1, 0.15) is 70.8 Å². The largest absolute Gasteiger partial charge is 0.494 e. The van der Waals surface area contributed by atoms with Gasteiger partial charge < -0.3 is 9.47 Å². The second-order valence-corrected chi connectivity index (χ2v) is 6.94. The summed E-state index contributed by atoms with van der Waals surface area (Å²) in [4.78, 5) is 0. The fourth-order valence-electron chi connectivity index (χ4n) is 3.04. The topological polar surface area (TPSA) is 18.5 Å². The van der Waals surface area contributed by atoms with E-state index in [1.165, 1.54) is 54.9 Å². The minimum absolute atomic E-state index is 0.804. The van der Waals surface area contributed by atoms with Gasteiger partial charge in [0.25, 0.3) is 0 Å². The first-order valence-electron chi connectivity index (χ1n) is 10.0. The van der Waals surface area contributed by atoms with E-state index < -0.39 is 0 Å². The highest BCUT2D eigenvalue weighted by Gasteiger charge is 2.05. The van der Waals surface area contributed by atoms with Crippen LogP contribution < -0.4 is 9.47 Å². The number of hydrogen-bond acceptors (Lipinski definition) is 2. The molecule has 2 rings (SSSR count). The Kier molecular flexibility index (Phi) is 8.65. The fourth-order valence-corrected chi connectivity index (χ4v) is 3.04. The van der Waals surface area contributed by atoms with Gasteiger partial charge in [-0.15, -0.1) is 0 Å². The molecule has 0 aliphatic rings. The van der Waals surface area contributed by atoms with Crippen LogP contribution in [0.3, 0.4) is 0 Å².